The lowest BCUT2D eigenvalue weighted by Crippen LogP contribution is -2.51. The van der Waals surface area contributed by atoms with Gasteiger partial charge < -0.3 is 60.5 Å². The van der Waals surface area contributed by atoms with Gasteiger partial charge in [0, 0.05) is 25.1 Å². The molecule has 0 saturated carbocycles. The van der Waals surface area contributed by atoms with Gasteiger partial charge >= 0.3 is 0 Å². The largest absolute Gasteiger partial charge is 0.504 e. The lowest BCUT2D eigenvalue weighted by Gasteiger charge is -2.41. The number of fused-ring (bicyclic) bond motifs is 1. The molecule has 14 nitrogen and oxygen atoms in total. The van der Waals surface area contributed by atoms with Crippen molar-refractivity contribution in [2.45, 2.75) is 37.2 Å². The Hall–Kier alpha value is -3.85. The van der Waals surface area contributed by atoms with Crippen molar-refractivity contribution in [1.29, 1.82) is 0 Å². The van der Waals surface area contributed by atoms with Gasteiger partial charge in [0.25, 0.3) is 5.91 Å². The number of aliphatic hydroxyl groups is 3. The SMILES string of the molecule is COc1c(O)c2c(c(O)c1OC)C(=O)C(O)(CC1CCN(C(O)(O)c3c(O)c(O)c(O)c(O)c3O)CC1)C2. The highest BCUT2D eigenvalue weighted by molar-refractivity contribution is 6.10. The molecule has 1 atom stereocenters. The molecule has 0 radical (unpaired) electrons. The molecule has 1 aliphatic carbocycles. The summed E-state index contributed by atoms with van der Waals surface area (Å²) in [6.45, 7) is -0.178. The summed E-state index contributed by atoms with van der Waals surface area (Å²) in [6, 6.07) is 0. The summed E-state index contributed by atoms with van der Waals surface area (Å²) < 4.78 is 10.1. The van der Waals surface area contributed by atoms with Gasteiger partial charge in [-0.3, -0.25) is 4.79 Å². The number of carbonyl (C=O) groups is 1. The number of phenols is 7. The second kappa shape index (κ2) is 9.16. The standard InChI is InChI=1S/C24H29NO13/c1-37-20-13(26)10-8-23(34,22(33)11(10)14(27)21(20)38-2)7-9-3-5-25(6-4-9)24(35,36)12-15(28)17(30)19(32)18(31)16(12)29/h9,26-32,34-36H,3-8H2,1-2H3. The fraction of sp³-hybridized carbons (Fsp3) is 0.458. The Bertz CT molecular complexity index is 1270. The maximum Gasteiger partial charge on any atom is 0.261 e. The molecule has 2 aromatic carbocycles. The summed E-state index contributed by atoms with van der Waals surface area (Å²) in [7, 11) is 2.45. The van der Waals surface area contributed by atoms with Crippen LogP contribution in [0.1, 0.15) is 40.7 Å². The second-order valence-corrected chi connectivity index (χ2v) is 9.54. The molecule has 38 heavy (non-hydrogen) atoms. The van der Waals surface area contributed by atoms with Crippen LogP contribution in [0, 0.1) is 5.92 Å². The molecule has 4 rings (SSSR count). The van der Waals surface area contributed by atoms with Crippen LogP contribution in [0.2, 0.25) is 0 Å². The van der Waals surface area contributed by atoms with Gasteiger partial charge in [-0.05, 0) is 25.2 Å². The Labute approximate surface area is 215 Å². The molecular formula is C24H29NO13. The highest BCUT2D eigenvalue weighted by Gasteiger charge is 2.51. The van der Waals surface area contributed by atoms with Crippen molar-refractivity contribution in [2.24, 2.45) is 5.92 Å². The number of ether oxygens (including phenoxy) is 2. The number of piperidine rings is 1. The fourth-order valence-electron chi connectivity index (χ4n) is 5.38. The number of phenolic OH excluding ortho intramolecular Hbond substituents is 7. The van der Waals surface area contributed by atoms with E-state index in [2.05, 4.69) is 0 Å². The summed E-state index contributed by atoms with van der Waals surface area (Å²) in [4.78, 5) is 14.2. The Morgan fingerprint density at radius 3 is 1.79 bits per heavy atom. The Morgan fingerprint density at radius 1 is 0.816 bits per heavy atom. The van der Waals surface area contributed by atoms with E-state index >= 15 is 0 Å². The predicted octanol–water partition coefficient (Wildman–Crippen LogP) is 0.0101. The molecule has 1 fully saturated rings. The first kappa shape index (κ1) is 27.2. The van der Waals surface area contributed by atoms with Gasteiger partial charge in [-0.1, -0.05) is 0 Å². The first-order chi connectivity index (χ1) is 17.7. The van der Waals surface area contributed by atoms with Crippen LogP contribution >= 0.6 is 0 Å². The minimum absolute atomic E-state index is 0.00714. The summed E-state index contributed by atoms with van der Waals surface area (Å²) in [5.74, 6) is -12.0. The third-order valence-corrected chi connectivity index (χ3v) is 7.38. The Morgan fingerprint density at radius 2 is 1.29 bits per heavy atom. The lowest BCUT2D eigenvalue weighted by atomic mass is 9.82. The topological polar surface area (TPSA) is 241 Å². The molecule has 10 N–H and O–H groups in total. The quantitative estimate of drug-likeness (QED) is 0.132. The zero-order valence-electron chi connectivity index (χ0n) is 20.5. The van der Waals surface area contributed by atoms with Crippen LogP contribution in [-0.2, 0) is 12.3 Å². The lowest BCUT2D eigenvalue weighted by molar-refractivity contribution is -0.282. The molecule has 0 spiro atoms. The first-order valence-corrected chi connectivity index (χ1v) is 11.6. The van der Waals surface area contributed by atoms with E-state index in [1.54, 1.807) is 0 Å². The van der Waals surface area contributed by atoms with Crippen molar-refractivity contribution in [3.8, 4) is 51.7 Å². The Kier molecular flexibility index (Phi) is 6.56. The number of nitrogens with zero attached hydrogens (tertiary/aromatic N) is 1. The number of likely N-dealkylation sites (tertiary alicyclic amines) is 1. The van der Waals surface area contributed by atoms with Crippen LogP contribution in [0.15, 0.2) is 0 Å². The molecule has 1 unspecified atom stereocenters. The van der Waals surface area contributed by atoms with Crippen molar-refractivity contribution in [3.05, 3.63) is 16.7 Å². The van der Waals surface area contributed by atoms with E-state index < -0.39 is 63.1 Å². The molecule has 1 saturated heterocycles. The zero-order valence-corrected chi connectivity index (χ0v) is 20.5. The fourth-order valence-corrected chi connectivity index (χ4v) is 5.38. The maximum absolute atomic E-state index is 13.2. The van der Waals surface area contributed by atoms with Gasteiger partial charge in [0.1, 0.15) is 11.2 Å². The van der Waals surface area contributed by atoms with E-state index in [4.69, 9.17) is 9.47 Å². The second-order valence-electron chi connectivity index (χ2n) is 9.54. The van der Waals surface area contributed by atoms with Crippen molar-refractivity contribution in [3.63, 3.8) is 0 Å². The highest BCUT2D eigenvalue weighted by atomic mass is 16.5. The zero-order chi connectivity index (χ0) is 28.3. The van der Waals surface area contributed by atoms with Gasteiger partial charge in [0.2, 0.25) is 28.7 Å². The summed E-state index contributed by atoms with van der Waals surface area (Å²) in [6.07, 6.45) is -0.0220. The number of rotatable bonds is 6. The monoisotopic (exact) mass is 539 g/mol. The third kappa shape index (κ3) is 3.84. The Balaban J connectivity index is 1.53. The number of carbonyl (C=O) groups excluding carboxylic acids is 1. The number of ketones is 1. The van der Waals surface area contributed by atoms with Crippen LogP contribution in [0.5, 0.6) is 51.7 Å². The number of aromatic hydroxyl groups is 7. The molecule has 0 bridgehead atoms. The van der Waals surface area contributed by atoms with Crippen LogP contribution in [0.4, 0.5) is 0 Å². The van der Waals surface area contributed by atoms with E-state index in [9.17, 15) is 55.9 Å². The molecule has 208 valence electrons. The molecular weight excluding hydrogens is 510 g/mol. The van der Waals surface area contributed by atoms with E-state index in [0.717, 1.165) is 4.90 Å². The maximum atomic E-state index is 13.2. The van der Waals surface area contributed by atoms with E-state index in [-0.39, 0.29) is 67.3 Å². The molecule has 2 aromatic rings. The molecule has 0 aromatic heterocycles. The van der Waals surface area contributed by atoms with Crippen molar-refractivity contribution in [1.82, 2.24) is 4.90 Å². The summed E-state index contributed by atoms with van der Waals surface area (Å²) in [5.41, 5.74) is -3.30. The molecule has 1 heterocycles. The molecule has 1 aliphatic heterocycles. The van der Waals surface area contributed by atoms with E-state index in [0.29, 0.717) is 0 Å². The summed E-state index contributed by atoms with van der Waals surface area (Å²) in [5, 5.41) is 103. The average molecular weight is 539 g/mol. The van der Waals surface area contributed by atoms with Gasteiger partial charge in [0.05, 0.1) is 19.8 Å². The van der Waals surface area contributed by atoms with Crippen LogP contribution < -0.4 is 9.47 Å². The first-order valence-electron chi connectivity index (χ1n) is 11.6. The van der Waals surface area contributed by atoms with Gasteiger partial charge in [0.15, 0.2) is 28.8 Å². The van der Waals surface area contributed by atoms with Crippen LogP contribution in [0.25, 0.3) is 0 Å². The molecule has 0 amide bonds. The van der Waals surface area contributed by atoms with Crippen molar-refractivity contribution >= 4 is 5.78 Å². The predicted molar refractivity (Wildman–Crippen MR) is 126 cm³/mol. The highest BCUT2D eigenvalue weighted by Crippen LogP contribution is 2.55. The van der Waals surface area contributed by atoms with Crippen molar-refractivity contribution < 1.29 is 65.3 Å². The number of methoxy groups -OCH3 is 2. The van der Waals surface area contributed by atoms with Crippen molar-refractivity contribution in [2.75, 3.05) is 27.3 Å². The smallest absolute Gasteiger partial charge is 0.261 e. The molecule has 14 heteroatoms. The van der Waals surface area contributed by atoms with Crippen LogP contribution in [0.3, 0.4) is 0 Å². The number of Topliss-reactive ketones (excluding diaryl/α,β-unsaturated/α-hetero) is 1. The minimum Gasteiger partial charge on any atom is -0.504 e. The van der Waals surface area contributed by atoms with Gasteiger partial charge in [-0.25, -0.2) is 4.90 Å². The number of hydrogen-bond donors (Lipinski definition) is 10. The molecule has 2 aliphatic rings. The normalized spacial score (nSPS) is 20.5. The summed E-state index contributed by atoms with van der Waals surface area (Å²) >= 11 is 0. The van der Waals surface area contributed by atoms with Crippen LogP contribution in [-0.4, -0.2) is 94.7 Å². The van der Waals surface area contributed by atoms with E-state index in [1.165, 1.54) is 14.2 Å². The average Bonchev–Trinajstić information content (AvgIpc) is 3.14. The van der Waals surface area contributed by atoms with Gasteiger partial charge in [-0.2, -0.15) is 0 Å². The minimum atomic E-state index is -3.08. The third-order valence-electron chi connectivity index (χ3n) is 7.38. The van der Waals surface area contributed by atoms with E-state index in [1.807, 2.05) is 0 Å². The van der Waals surface area contributed by atoms with Gasteiger partial charge in [-0.15, -0.1) is 0 Å². The number of benzene rings is 2. The number of hydrogen-bond acceptors (Lipinski definition) is 14.